The molecule has 1 amide bonds. The van der Waals surface area contributed by atoms with Crippen LogP contribution in [0, 0.1) is 13.7 Å². The fourth-order valence-electron chi connectivity index (χ4n) is 1.62. The zero-order valence-electron chi connectivity index (χ0n) is 10.5. The number of nitro groups is 1. The van der Waals surface area contributed by atoms with Crippen LogP contribution in [0.25, 0.3) is 0 Å². The largest absolute Gasteiger partial charge is 0.346 e. The molecule has 0 aliphatic heterocycles. The van der Waals surface area contributed by atoms with Crippen LogP contribution in [0.3, 0.4) is 0 Å². The van der Waals surface area contributed by atoms with E-state index in [0.29, 0.717) is 3.57 Å². The standard InChI is InChI=1S/C12H11IN4O3/c1-16-5-4-8(15-16)7-14-12(18)10-6-9(17(19)20)2-3-11(10)13/h2-6H,7H2,1H3,(H,14,18). The molecule has 0 unspecified atom stereocenters. The van der Waals surface area contributed by atoms with E-state index in [1.54, 1.807) is 30.1 Å². The number of halogens is 1. The van der Waals surface area contributed by atoms with Gasteiger partial charge in [0.2, 0.25) is 0 Å². The molecule has 7 nitrogen and oxygen atoms in total. The predicted molar refractivity (Wildman–Crippen MR) is 80.2 cm³/mol. The van der Waals surface area contributed by atoms with Crippen LogP contribution in [0.2, 0.25) is 0 Å². The van der Waals surface area contributed by atoms with E-state index in [0.717, 1.165) is 5.69 Å². The van der Waals surface area contributed by atoms with Crippen molar-refractivity contribution in [3.63, 3.8) is 0 Å². The second-order valence-electron chi connectivity index (χ2n) is 4.08. The lowest BCUT2D eigenvalue weighted by molar-refractivity contribution is -0.384. The Bertz CT molecular complexity index is 668. The van der Waals surface area contributed by atoms with Gasteiger partial charge in [0, 0.05) is 28.9 Å². The van der Waals surface area contributed by atoms with Crippen LogP contribution in [0.1, 0.15) is 16.1 Å². The van der Waals surface area contributed by atoms with Gasteiger partial charge in [-0.05, 0) is 34.7 Å². The maximum absolute atomic E-state index is 12.0. The molecule has 2 rings (SSSR count). The lowest BCUT2D eigenvalue weighted by atomic mass is 10.2. The molecule has 1 N–H and O–H groups in total. The van der Waals surface area contributed by atoms with E-state index in [-0.39, 0.29) is 23.7 Å². The summed E-state index contributed by atoms with van der Waals surface area (Å²) in [6.07, 6.45) is 1.78. The normalized spacial score (nSPS) is 10.3. The molecular weight excluding hydrogens is 375 g/mol. The molecule has 0 aliphatic rings. The molecule has 8 heteroatoms. The number of nitrogens with one attached hydrogen (secondary N) is 1. The van der Waals surface area contributed by atoms with E-state index >= 15 is 0 Å². The molecule has 104 valence electrons. The van der Waals surface area contributed by atoms with Crippen molar-refractivity contribution in [2.75, 3.05) is 0 Å². The Morgan fingerprint density at radius 1 is 1.50 bits per heavy atom. The lowest BCUT2D eigenvalue weighted by Crippen LogP contribution is -2.24. The van der Waals surface area contributed by atoms with Gasteiger partial charge in [0.15, 0.2) is 0 Å². The molecule has 1 heterocycles. The van der Waals surface area contributed by atoms with Crippen molar-refractivity contribution in [3.05, 3.63) is 55.4 Å². The third-order valence-corrected chi connectivity index (χ3v) is 3.54. The smallest absolute Gasteiger partial charge is 0.270 e. The highest BCUT2D eigenvalue weighted by atomic mass is 127. The van der Waals surface area contributed by atoms with Crippen molar-refractivity contribution >= 4 is 34.2 Å². The molecule has 0 bridgehead atoms. The quantitative estimate of drug-likeness (QED) is 0.494. The first-order valence-corrected chi connectivity index (χ1v) is 6.76. The fraction of sp³-hybridized carbons (Fsp3) is 0.167. The van der Waals surface area contributed by atoms with Gasteiger partial charge in [-0.25, -0.2) is 0 Å². The third kappa shape index (κ3) is 3.32. The first-order valence-electron chi connectivity index (χ1n) is 5.68. The second-order valence-corrected chi connectivity index (χ2v) is 5.25. The topological polar surface area (TPSA) is 90.1 Å². The minimum absolute atomic E-state index is 0.103. The van der Waals surface area contributed by atoms with E-state index in [9.17, 15) is 14.9 Å². The molecule has 0 radical (unpaired) electrons. The SMILES string of the molecule is Cn1ccc(CNC(=O)c2cc([N+](=O)[O-])ccc2I)n1. The Morgan fingerprint density at radius 2 is 2.25 bits per heavy atom. The Balaban J connectivity index is 2.12. The molecular formula is C12H11IN4O3. The fourth-order valence-corrected chi connectivity index (χ4v) is 2.20. The summed E-state index contributed by atoms with van der Waals surface area (Å²) < 4.78 is 2.30. The molecule has 0 fully saturated rings. The summed E-state index contributed by atoms with van der Waals surface area (Å²) in [4.78, 5) is 22.3. The van der Waals surface area contributed by atoms with E-state index in [4.69, 9.17) is 0 Å². The number of aryl methyl sites for hydroxylation is 1. The van der Waals surface area contributed by atoms with Crippen LogP contribution in [-0.4, -0.2) is 20.6 Å². The summed E-state index contributed by atoms with van der Waals surface area (Å²) in [5, 5.41) is 17.6. The van der Waals surface area contributed by atoms with Gasteiger partial charge in [-0.2, -0.15) is 5.10 Å². The average Bonchev–Trinajstić information content (AvgIpc) is 2.82. The summed E-state index contributed by atoms with van der Waals surface area (Å²) in [6.45, 7) is 0.276. The Hall–Kier alpha value is -1.97. The number of amides is 1. The number of nitrogens with zero attached hydrogens (tertiary/aromatic N) is 3. The van der Waals surface area contributed by atoms with Crippen LogP contribution in [0.4, 0.5) is 5.69 Å². The van der Waals surface area contributed by atoms with Gasteiger partial charge < -0.3 is 5.32 Å². The summed E-state index contributed by atoms with van der Waals surface area (Å²) in [6, 6.07) is 5.99. The number of benzene rings is 1. The van der Waals surface area contributed by atoms with Gasteiger partial charge >= 0.3 is 0 Å². The van der Waals surface area contributed by atoms with Crippen molar-refractivity contribution in [1.29, 1.82) is 0 Å². The average molecular weight is 386 g/mol. The van der Waals surface area contributed by atoms with E-state index < -0.39 is 4.92 Å². The molecule has 0 saturated carbocycles. The van der Waals surface area contributed by atoms with E-state index in [1.165, 1.54) is 12.1 Å². The van der Waals surface area contributed by atoms with Gasteiger partial charge in [-0.15, -0.1) is 0 Å². The zero-order chi connectivity index (χ0) is 14.7. The van der Waals surface area contributed by atoms with E-state index in [2.05, 4.69) is 10.4 Å². The van der Waals surface area contributed by atoms with Crippen LogP contribution in [-0.2, 0) is 13.6 Å². The van der Waals surface area contributed by atoms with Crippen LogP contribution in [0.15, 0.2) is 30.5 Å². The maximum atomic E-state index is 12.0. The maximum Gasteiger partial charge on any atom is 0.270 e. The van der Waals surface area contributed by atoms with E-state index in [1.807, 2.05) is 22.6 Å². The summed E-state index contributed by atoms with van der Waals surface area (Å²) >= 11 is 1.97. The van der Waals surface area contributed by atoms with Gasteiger partial charge in [0.05, 0.1) is 22.7 Å². The van der Waals surface area contributed by atoms with Crippen LogP contribution < -0.4 is 5.32 Å². The molecule has 20 heavy (non-hydrogen) atoms. The number of non-ortho nitro benzene ring substituents is 1. The van der Waals surface area contributed by atoms with Gasteiger partial charge in [0.25, 0.3) is 11.6 Å². The lowest BCUT2D eigenvalue weighted by Gasteiger charge is -2.05. The molecule has 2 aromatic rings. The van der Waals surface area contributed by atoms with Crippen molar-refractivity contribution in [3.8, 4) is 0 Å². The van der Waals surface area contributed by atoms with Crippen molar-refractivity contribution in [2.45, 2.75) is 6.54 Å². The van der Waals surface area contributed by atoms with Crippen molar-refractivity contribution in [1.82, 2.24) is 15.1 Å². The Morgan fingerprint density at radius 3 is 2.85 bits per heavy atom. The third-order valence-electron chi connectivity index (χ3n) is 2.60. The highest BCUT2D eigenvalue weighted by Crippen LogP contribution is 2.19. The van der Waals surface area contributed by atoms with Crippen LogP contribution >= 0.6 is 22.6 Å². The molecule has 0 atom stereocenters. The zero-order valence-corrected chi connectivity index (χ0v) is 12.7. The summed E-state index contributed by atoms with van der Waals surface area (Å²) in [7, 11) is 1.79. The minimum atomic E-state index is -0.522. The number of rotatable bonds is 4. The van der Waals surface area contributed by atoms with Crippen molar-refractivity contribution in [2.24, 2.45) is 7.05 Å². The highest BCUT2D eigenvalue weighted by Gasteiger charge is 2.15. The van der Waals surface area contributed by atoms with Gasteiger partial charge in [-0.1, -0.05) is 0 Å². The Labute approximate surface area is 128 Å². The molecule has 0 saturated heterocycles. The number of nitro benzene ring substituents is 1. The van der Waals surface area contributed by atoms with Gasteiger partial charge in [-0.3, -0.25) is 19.6 Å². The Kier molecular flexibility index (Phi) is 4.32. The first kappa shape index (κ1) is 14.4. The second kappa shape index (κ2) is 5.99. The minimum Gasteiger partial charge on any atom is -0.346 e. The van der Waals surface area contributed by atoms with Crippen LogP contribution in [0.5, 0.6) is 0 Å². The first-order chi connectivity index (χ1) is 9.47. The number of aromatic nitrogens is 2. The highest BCUT2D eigenvalue weighted by molar-refractivity contribution is 14.1. The molecule has 1 aromatic heterocycles. The summed E-state index contributed by atoms with van der Waals surface area (Å²) in [5.41, 5.74) is 0.908. The summed E-state index contributed by atoms with van der Waals surface area (Å²) in [5.74, 6) is -0.358. The number of hydrogen-bond acceptors (Lipinski definition) is 4. The number of carbonyl (C=O) groups excluding carboxylic acids is 1. The number of hydrogen-bond donors (Lipinski definition) is 1. The molecule has 0 spiro atoms. The molecule has 1 aromatic carbocycles. The molecule has 0 aliphatic carbocycles. The number of carbonyl (C=O) groups is 1. The monoisotopic (exact) mass is 386 g/mol. The van der Waals surface area contributed by atoms with Gasteiger partial charge in [0.1, 0.15) is 0 Å². The van der Waals surface area contributed by atoms with Crippen molar-refractivity contribution < 1.29 is 9.72 Å². The predicted octanol–water partition coefficient (Wildman–Crippen LogP) is 1.86.